The van der Waals surface area contributed by atoms with E-state index >= 15 is 0 Å². The number of aliphatic hydroxyl groups excluding tert-OH is 2. The minimum absolute atomic E-state index is 0.222. The summed E-state index contributed by atoms with van der Waals surface area (Å²) in [6.07, 6.45) is 26.6. The second-order valence-electron chi connectivity index (χ2n) is 14.4. The monoisotopic (exact) mass is 580 g/mol. The number of allylic oxidation sites excluding steroid dienone is 1. The first-order valence-electron chi connectivity index (χ1n) is 17.9. The maximum absolute atomic E-state index is 9.69. The van der Waals surface area contributed by atoms with E-state index in [9.17, 15) is 15.0 Å². The predicted octanol–water partition coefficient (Wildman–Crippen LogP) is 9.84. The highest BCUT2D eigenvalue weighted by molar-refractivity contribution is 5.70. The summed E-state index contributed by atoms with van der Waals surface area (Å²) in [7, 11) is 0. The molecule has 4 rings (SSSR count). The Morgan fingerprint density at radius 1 is 0.833 bits per heavy atom. The molecule has 3 nitrogen and oxygen atoms in total. The highest BCUT2D eigenvalue weighted by Crippen LogP contribution is 2.44. The second kappa shape index (κ2) is 19.8. The third kappa shape index (κ3) is 11.9. The Kier molecular flexibility index (Phi) is 16.5. The van der Waals surface area contributed by atoms with Gasteiger partial charge in [-0.1, -0.05) is 76.3 Å². The van der Waals surface area contributed by atoms with Crippen molar-refractivity contribution in [2.24, 2.45) is 35.5 Å². The SMILES string of the molecule is C=C(C)C=O.CCCCCC1CCC(c2ccc(CCC3CCC(C4CCC(C(CO)CCO)CC4)CC3)cc2)CC1. The summed E-state index contributed by atoms with van der Waals surface area (Å²) in [5, 5.41) is 19.0. The summed E-state index contributed by atoms with van der Waals surface area (Å²) in [6, 6.07) is 9.82. The van der Waals surface area contributed by atoms with Crippen LogP contribution in [0.1, 0.15) is 146 Å². The zero-order valence-corrected chi connectivity index (χ0v) is 27.3. The third-order valence-corrected chi connectivity index (χ3v) is 11.3. The van der Waals surface area contributed by atoms with E-state index in [2.05, 4.69) is 37.8 Å². The standard InChI is InChI=1S/C35H58O2.C4H6O/c1-2-3-4-5-27-8-14-30(15-9-27)31-16-10-28(11-17-31)6-7-29-12-18-32(19-13-29)33-20-22-34(23-21-33)35(26-37)24-25-36;1-4(2)3-5/h10-11,16-17,27,29-30,32-37H,2-9,12-15,18-26H2,1H3;3H,1H2,2H3. The molecule has 3 saturated carbocycles. The molecule has 0 aromatic heterocycles. The molecule has 0 spiro atoms. The Morgan fingerprint density at radius 2 is 1.38 bits per heavy atom. The maximum atomic E-state index is 9.69. The van der Waals surface area contributed by atoms with Crippen LogP contribution in [0.5, 0.6) is 0 Å². The topological polar surface area (TPSA) is 57.5 Å². The summed E-state index contributed by atoms with van der Waals surface area (Å²) in [6.45, 7) is 7.76. The third-order valence-electron chi connectivity index (χ3n) is 11.3. The number of aryl methyl sites for hydroxylation is 1. The molecule has 42 heavy (non-hydrogen) atoms. The van der Waals surface area contributed by atoms with E-state index in [1.54, 1.807) is 18.1 Å². The van der Waals surface area contributed by atoms with Crippen molar-refractivity contribution in [3.05, 3.63) is 47.5 Å². The van der Waals surface area contributed by atoms with E-state index in [0.717, 1.165) is 42.3 Å². The first kappa shape index (κ1) is 35.0. The van der Waals surface area contributed by atoms with Crippen LogP contribution in [-0.2, 0) is 11.2 Å². The molecule has 0 radical (unpaired) electrons. The van der Waals surface area contributed by atoms with E-state index in [0.29, 0.717) is 17.4 Å². The van der Waals surface area contributed by atoms with Gasteiger partial charge in [-0.3, -0.25) is 4.79 Å². The van der Waals surface area contributed by atoms with E-state index in [1.807, 2.05) is 0 Å². The van der Waals surface area contributed by atoms with Crippen molar-refractivity contribution < 1.29 is 15.0 Å². The fourth-order valence-electron chi connectivity index (χ4n) is 8.47. The molecule has 3 aliphatic carbocycles. The Morgan fingerprint density at radius 3 is 1.90 bits per heavy atom. The van der Waals surface area contributed by atoms with Crippen LogP contribution < -0.4 is 0 Å². The molecule has 3 aliphatic rings. The van der Waals surface area contributed by atoms with Crippen LogP contribution in [0.2, 0.25) is 0 Å². The maximum Gasteiger partial charge on any atom is 0.145 e. The van der Waals surface area contributed by atoms with Gasteiger partial charge < -0.3 is 10.2 Å². The number of aliphatic hydroxyl groups is 2. The van der Waals surface area contributed by atoms with Gasteiger partial charge in [0.2, 0.25) is 0 Å². The largest absolute Gasteiger partial charge is 0.396 e. The fourth-order valence-corrected chi connectivity index (χ4v) is 8.47. The van der Waals surface area contributed by atoms with Crippen LogP contribution in [0.3, 0.4) is 0 Å². The Hall–Kier alpha value is -1.45. The van der Waals surface area contributed by atoms with Crippen molar-refractivity contribution >= 4 is 6.29 Å². The molecule has 1 aromatic carbocycles. The quantitative estimate of drug-likeness (QED) is 0.131. The highest BCUT2D eigenvalue weighted by atomic mass is 16.3. The van der Waals surface area contributed by atoms with Crippen LogP contribution in [0.25, 0.3) is 0 Å². The van der Waals surface area contributed by atoms with Crippen LogP contribution in [0, 0.1) is 35.5 Å². The zero-order valence-electron chi connectivity index (χ0n) is 27.3. The zero-order chi connectivity index (χ0) is 30.2. The molecule has 0 bridgehead atoms. The summed E-state index contributed by atoms with van der Waals surface area (Å²) >= 11 is 0. The van der Waals surface area contributed by atoms with Crippen molar-refractivity contribution in [3.63, 3.8) is 0 Å². The number of benzene rings is 1. The lowest BCUT2D eigenvalue weighted by atomic mass is 9.67. The van der Waals surface area contributed by atoms with E-state index in [1.165, 1.54) is 116 Å². The minimum atomic E-state index is 0.222. The Balaban J connectivity index is 0.000000892. The number of aldehydes is 1. The molecular weight excluding hydrogens is 516 g/mol. The molecule has 238 valence electrons. The molecule has 0 heterocycles. The number of rotatable bonds is 14. The smallest absolute Gasteiger partial charge is 0.145 e. The predicted molar refractivity (Wildman–Crippen MR) is 178 cm³/mol. The average molecular weight is 581 g/mol. The molecular formula is C39H64O3. The van der Waals surface area contributed by atoms with Crippen molar-refractivity contribution in [1.29, 1.82) is 0 Å². The number of unbranched alkanes of at least 4 members (excludes halogenated alkanes) is 2. The van der Waals surface area contributed by atoms with Crippen molar-refractivity contribution in [2.75, 3.05) is 13.2 Å². The van der Waals surface area contributed by atoms with Crippen molar-refractivity contribution in [3.8, 4) is 0 Å². The lowest BCUT2D eigenvalue weighted by Crippen LogP contribution is -2.29. The van der Waals surface area contributed by atoms with Gasteiger partial charge in [0, 0.05) is 13.2 Å². The molecule has 1 aromatic rings. The molecule has 0 saturated heterocycles. The summed E-state index contributed by atoms with van der Waals surface area (Å²) in [5.41, 5.74) is 3.73. The van der Waals surface area contributed by atoms with Crippen LogP contribution in [0.4, 0.5) is 0 Å². The molecule has 3 fully saturated rings. The first-order valence-corrected chi connectivity index (χ1v) is 17.9. The van der Waals surface area contributed by atoms with Gasteiger partial charge in [0.15, 0.2) is 0 Å². The van der Waals surface area contributed by atoms with Gasteiger partial charge >= 0.3 is 0 Å². The number of hydrogen-bond donors (Lipinski definition) is 2. The van der Waals surface area contributed by atoms with Gasteiger partial charge in [-0.25, -0.2) is 0 Å². The second-order valence-corrected chi connectivity index (χ2v) is 14.4. The number of carbonyl (C=O) groups is 1. The molecule has 1 atom stereocenters. The molecule has 3 heteroatoms. The molecule has 0 aliphatic heterocycles. The van der Waals surface area contributed by atoms with Gasteiger partial charge in [0.1, 0.15) is 6.29 Å². The summed E-state index contributed by atoms with van der Waals surface area (Å²) in [5.74, 6) is 5.58. The van der Waals surface area contributed by atoms with Gasteiger partial charge in [-0.2, -0.15) is 0 Å². The van der Waals surface area contributed by atoms with E-state index in [4.69, 9.17) is 0 Å². The van der Waals surface area contributed by atoms with Crippen molar-refractivity contribution in [1.82, 2.24) is 0 Å². The fraction of sp³-hybridized carbons (Fsp3) is 0.769. The van der Waals surface area contributed by atoms with Gasteiger partial charge in [0.05, 0.1) is 0 Å². The van der Waals surface area contributed by atoms with Crippen LogP contribution >= 0.6 is 0 Å². The molecule has 1 unspecified atom stereocenters. The van der Waals surface area contributed by atoms with E-state index < -0.39 is 0 Å². The van der Waals surface area contributed by atoms with E-state index in [-0.39, 0.29) is 13.2 Å². The average Bonchev–Trinajstić information content (AvgIpc) is 3.04. The normalized spacial score (nSPS) is 28.8. The lowest BCUT2D eigenvalue weighted by Gasteiger charge is -2.39. The summed E-state index contributed by atoms with van der Waals surface area (Å²) in [4.78, 5) is 9.41. The molecule has 2 N–H and O–H groups in total. The molecule has 0 amide bonds. The first-order chi connectivity index (χ1) is 20.5. The van der Waals surface area contributed by atoms with Crippen molar-refractivity contribution in [2.45, 2.75) is 142 Å². The highest BCUT2D eigenvalue weighted by Gasteiger charge is 2.33. The summed E-state index contributed by atoms with van der Waals surface area (Å²) < 4.78 is 0. The Labute approximate surface area is 259 Å². The van der Waals surface area contributed by atoms with Gasteiger partial charge in [0.25, 0.3) is 0 Å². The number of carbonyl (C=O) groups excluding carboxylic acids is 1. The Bertz CT molecular complexity index is 852. The lowest BCUT2D eigenvalue weighted by molar-refractivity contribution is -0.104. The van der Waals surface area contributed by atoms with Crippen LogP contribution in [-0.4, -0.2) is 29.7 Å². The number of hydrogen-bond acceptors (Lipinski definition) is 3. The minimum Gasteiger partial charge on any atom is -0.396 e. The van der Waals surface area contributed by atoms with Crippen LogP contribution in [0.15, 0.2) is 36.4 Å². The van der Waals surface area contributed by atoms with Gasteiger partial charge in [-0.15, -0.1) is 0 Å². The van der Waals surface area contributed by atoms with Gasteiger partial charge in [-0.05, 0) is 149 Å².